The number of hydrogen-bond acceptors (Lipinski definition) is 15. The number of anilines is 1. The fourth-order valence-corrected chi connectivity index (χ4v) is 5.54. The normalized spacial score (nSPS) is 25.2. The summed E-state index contributed by atoms with van der Waals surface area (Å²) >= 11 is 0. The molecule has 1 aliphatic rings. The van der Waals surface area contributed by atoms with Crippen LogP contribution in [0, 0.1) is 0 Å². The van der Waals surface area contributed by atoms with Gasteiger partial charge in [0, 0.05) is 0 Å². The molecule has 0 saturated carbocycles. The molecule has 35 heavy (non-hydrogen) atoms. The molecule has 0 spiro atoms. The summed E-state index contributed by atoms with van der Waals surface area (Å²) in [6.45, 7) is -1.05. The largest absolute Gasteiger partial charge is 1.00 e. The van der Waals surface area contributed by atoms with Crippen molar-refractivity contribution in [2.75, 3.05) is 12.3 Å². The van der Waals surface area contributed by atoms with Gasteiger partial charge in [0.2, 0.25) is 0 Å². The van der Waals surface area contributed by atoms with E-state index < -0.39 is 54.6 Å². The molecule has 2 unspecified atom stereocenters. The van der Waals surface area contributed by atoms with Crippen LogP contribution in [0.3, 0.4) is 0 Å². The zero-order valence-electron chi connectivity index (χ0n) is 18.2. The fourth-order valence-electron chi connectivity index (χ4n) is 2.61. The molecule has 3 rings (SSSR count). The van der Waals surface area contributed by atoms with Crippen molar-refractivity contribution in [3.05, 3.63) is 12.7 Å². The molecule has 0 aromatic carbocycles. The quantitative estimate of drug-likeness (QED) is 0.132. The van der Waals surface area contributed by atoms with Crippen LogP contribution < -0.4 is 160 Å². The molecule has 182 valence electrons. The van der Waals surface area contributed by atoms with Gasteiger partial charge in [0.15, 0.2) is 17.7 Å². The molecule has 6 atom stereocenters. The number of ether oxygens (including phenoxy) is 1. The number of rotatable bonds is 8. The number of nitrogens with zero attached hydrogens (tertiary/aromatic N) is 4. The number of nitrogen functional groups attached to an aromatic ring is 1. The Bertz CT molecular complexity index is 1130. The minimum absolute atomic E-state index is 0. The van der Waals surface area contributed by atoms with Gasteiger partial charge in [-0.1, -0.05) is 0 Å². The summed E-state index contributed by atoms with van der Waals surface area (Å²) in [5.41, 5.74) is 5.95. The average Bonchev–Trinajstić information content (AvgIpc) is 3.13. The number of aliphatic hydroxyl groups is 2. The van der Waals surface area contributed by atoms with Gasteiger partial charge in [-0.3, -0.25) is 13.7 Å². The van der Waals surface area contributed by atoms with Crippen molar-refractivity contribution >= 4 is 40.4 Å². The van der Waals surface area contributed by atoms with Crippen LogP contribution in [0.5, 0.6) is 0 Å². The van der Waals surface area contributed by atoms with Gasteiger partial charge in [-0.25, -0.2) is 28.1 Å². The van der Waals surface area contributed by atoms with E-state index in [0.29, 0.717) is 0 Å². The van der Waals surface area contributed by atoms with Crippen molar-refractivity contribution in [2.24, 2.45) is 0 Å². The number of aromatic nitrogens is 4. The number of imidazole rings is 1. The molecule has 0 aliphatic carbocycles. The smallest absolute Gasteiger partial charge is 1.00 e. The van der Waals surface area contributed by atoms with Gasteiger partial charge in [-0.2, -0.15) is 0 Å². The second-order valence-electron chi connectivity index (χ2n) is 5.97. The van der Waals surface area contributed by atoms with Crippen molar-refractivity contribution in [1.82, 2.24) is 19.5 Å². The standard InChI is InChI=1S/C10H16N5O13P3.ClH.2K.Na/c11-8-5-9(13-2-12-8)15(3-14-5)10-7(17)6(16)4(26-10)1-25-30(21,22)28-31(23,24)27-29(18,19)20;;;;/h2-4,6-7,10,16-17H,1H2,(H,21,22)(H,23,24)(H2,11,12,13)(H2,18,19,20);1H;;;/q;;3*+1/p-3/t4-,6-,7-,10-;;;;/m1..../s1. The van der Waals surface area contributed by atoms with E-state index in [1.807, 2.05) is 0 Å². The molecule has 18 nitrogen and oxygen atoms in total. The Balaban J connectivity index is 0. The van der Waals surface area contributed by atoms with Crippen molar-refractivity contribution in [1.29, 1.82) is 0 Å². The van der Waals surface area contributed by atoms with Crippen LogP contribution in [-0.4, -0.2) is 64.4 Å². The van der Waals surface area contributed by atoms with Crippen LogP contribution >= 0.6 is 23.5 Å². The molecular weight excluding hydrogens is 628 g/mol. The number of halogens is 1. The first-order valence-corrected chi connectivity index (χ1v) is 12.3. The van der Waals surface area contributed by atoms with E-state index in [2.05, 4.69) is 28.1 Å². The van der Waals surface area contributed by atoms with Crippen molar-refractivity contribution in [2.45, 2.75) is 24.5 Å². The summed E-state index contributed by atoms with van der Waals surface area (Å²) < 4.78 is 50.9. The minimum Gasteiger partial charge on any atom is -1.00 e. The van der Waals surface area contributed by atoms with Crippen LogP contribution in [0.4, 0.5) is 5.82 Å². The summed E-state index contributed by atoms with van der Waals surface area (Å²) in [6, 6.07) is 0. The molecule has 2 aromatic heterocycles. The number of phosphoric acid groups is 3. The summed E-state index contributed by atoms with van der Waals surface area (Å²) in [4.78, 5) is 51.3. The van der Waals surface area contributed by atoms with Crippen LogP contribution in [0.2, 0.25) is 0 Å². The molecule has 0 radical (unpaired) electrons. The van der Waals surface area contributed by atoms with Gasteiger partial charge < -0.3 is 57.2 Å². The number of aliphatic hydroxyl groups excluding tert-OH is 2. The maximum Gasteiger partial charge on any atom is 1.00 e. The zero-order chi connectivity index (χ0) is 23.2. The van der Waals surface area contributed by atoms with E-state index in [0.717, 1.165) is 6.33 Å². The maximum atomic E-state index is 11.6. The van der Waals surface area contributed by atoms with Gasteiger partial charge in [0.05, 0.1) is 12.9 Å². The predicted molar refractivity (Wildman–Crippen MR) is 91.0 cm³/mol. The van der Waals surface area contributed by atoms with E-state index in [4.69, 9.17) is 20.3 Å². The molecule has 6 N–H and O–H groups in total. The zero-order valence-corrected chi connectivity index (χ0v) is 29.9. The fraction of sp³-hybridized carbons (Fsp3) is 0.500. The summed E-state index contributed by atoms with van der Waals surface area (Å²) in [6.07, 6.45) is -3.89. The van der Waals surface area contributed by atoms with E-state index >= 15 is 0 Å². The predicted octanol–water partition coefficient (Wildman–Crippen LogP) is -14.9. The van der Waals surface area contributed by atoms with Crippen LogP contribution in [0.1, 0.15) is 6.23 Å². The Morgan fingerprint density at radius 1 is 1.06 bits per heavy atom. The van der Waals surface area contributed by atoms with Gasteiger partial charge >= 0.3 is 140 Å². The third-order valence-electron chi connectivity index (χ3n) is 3.80. The van der Waals surface area contributed by atoms with Crippen LogP contribution in [-0.2, 0) is 31.6 Å². The SMILES string of the molecule is Nc1ncnc2c1ncn2[C@@H]1O[C@H](COP(=O)([O-])OP(=O)([O-])OP(=O)(O)O)[C@@H](O)[C@H]1O.[Cl-].[K+].[K+].[Na+]. The monoisotopic (exact) mass is 641 g/mol. The Morgan fingerprint density at radius 3 is 2.23 bits per heavy atom. The number of phosphoric ester groups is 1. The van der Waals surface area contributed by atoms with Crippen molar-refractivity contribution in [3.8, 4) is 0 Å². The summed E-state index contributed by atoms with van der Waals surface area (Å²) in [7, 11) is -17.4. The molecule has 0 amide bonds. The molecule has 2 aromatic rings. The Hall–Kier alpha value is 3.20. The summed E-state index contributed by atoms with van der Waals surface area (Å²) in [5.74, 6) is 0.0284. The molecule has 25 heteroatoms. The van der Waals surface area contributed by atoms with Crippen LogP contribution in [0.15, 0.2) is 12.7 Å². The Morgan fingerprint density at radius 2 is 1.66 bits per heavy atom. The average molecular weight is 642 g/mol. The number of hydrogen-bond donors (Lipinski definition) is 5. The molecule has 1 fully saturated rings. The van der Waals surface area contributed by atoms with E-state index in [1.165, 1.54) is 10.9 Å². The number of fused-ring (bicyclic) bond motifs is 1. The molecule has 3 heterocycles. The first kappa shape index (κ1) is 40.3. The topological polar surface area (TPSA) is 285 Å². The van der Waals surface area contributed by atoms with E-state index in [-0.39, 0.29) is 162 Å². The second kappa shape index (κ2) is 16.0. The van der Waals surface area contributed by atoms with E-state index in [1.54, 1.807) is 0 Å². The van der Waals surface area contributed by atoms with Gasteiger partial charge in [-0.05, 0) is 0 Å². The molecule has 1 saturated heterocycles. The van der Waals surface area contributed by atoms with E-state index in [9.17, 15) is 33.7 Å². The molecule has 0 bridgehead atoms. The second-order valence-corrected chi connectivity index (χ2v) is 10.3. The Kier molecular flexibility index (Phi) is 18.4. The van der Waals surface area contributed by atoms with Gasteiger partial charge in [-0.15, -0.1) is 0 Å². The number of nitrogens with two attached hydrogens (primary N) is 1. The first-order chi connectivity index (χ1) is 14.2. The Labute approximate surface area is 310 Å². The third-order valence-corrected chi connectivity index (χ3v) is 7.52. The van der Waals surface area contributed by atoms with Crippen LogP contribution in [0.25, 0.3) is 11.2 Å². The first-order valence-electron chi connectivity index (χ1n) is 7.88. The maximum absolute atomic E-state index is 11.6. The van der Waals surface area contributed by atoms with Crippen molar-refractivity contribution < 1.29 is 206 Å². The van der Waals surface area contributed by atoms with Crippen molar-refractivity contribution in [3.63, 3.8) is 0 Å². The third kappa shape index (κ3) is 11.2. The minimum atomic E-state index is -6.01. The molecule has 1 aliphatic heterocycles. The van der Waals surface area contributed by atoms with Gasteiger partial charge in [0.25, 0.3) is 15.6 Å². The van der Waals surface area contributed by atoms with Gasteiger partial charge in [0.1, 0.15) is 30.2 Å². The summed E-state index contributed by atoms with van der Waals surface area (Å²) in [5, 5.41) is 20.4. The molecular formula is C10H14ClK2N5NaO13P3.